The van der Waals surface area contributed by atoms with Crippen LogP contribution >= 0.6 is 23.5 Å². The zero-order valence-corrected chi connectivity index (χ0v) is 18.9. The average Bonchev–Trinajstić information content (AvgIpc) is 2.67. The normalized spacial score (nSPS) is 15.1. The highest BCUT2D eigenvalue weighted by Crippen LogP contribution is 2.26. The smallest absolute Gasteiger partial charge is 0.207 e. The van der Waals surface area contributed by atoms with Crippen LogP contribution in [0.5, 0.6) is 5.75 Å². The number of hydrogen-bond acceptors (Lipinski definition) is 4. The quantitative estimate of drug-likeness (QED) is 0.463. The number of benzene rings is 2. The zero-order chi connectivity index (χ0) is 22.1. The average molecular weight is 457 g/mol. The largest absolute Gasteiger partial charge is 0.485 e. The van der Waals surface area contributed by atoms with Gasteiger partial charge in [0.05, 0.1) is 0 Å². The van der Waals surface area contributed by atoms with Crippen LogP contribution in [-0.4, -0.2) is 35.4 Å². The lowest BCUT2D eigenvalue weighted by Crippen LogP contribution is -2.39. The van der Waals surface area contributed by atoms with Crippen molar-refractivity contribution in [2.75, 3.05) is 13.1 Å². The van der Waals surface area contributed by atoms with Crippen LogP contribution in [0.25, 0.3) is 0 Å². The first kappa shape index (κ1) is 24.4. The van der Waals surface area contributed by atoms with Crippen molar-refractivity contribution in [1.82, 2.24) is 9.62 Å². The lowest BCUT2D eigenvalue weighted by molar-refractivity contribution is -0.110. The van der Waals surface area contributed by atoms with E-state index < -0.39 is 11.4 Å². The molecule has 4 nitrogen and oxygen atoms in total. The maximum Gasteiger partial charge on any atom is 0.207 e. The van der Waals surface area contributed by atoms with Crippen molar-refractivity contribution in [1.29, 1.82) is 0 Å². The van der Waals surface area contributed by atoms with Gasteiger partial charge in [0.2, 0.25) is 6.41 Å². The lowest BCUT2D eigenvalue weighted by Gasteiger charge is -2.30. The molecule has 0 bridgehead atoms. The van der Waals surface area contributed by atoms with Gasteiger partial charge in [-0.25, -0.2) is 13.1 Å². The van der Waals surface area contributed by atoms with E-state index in [4.69, 9.17) is 16.3 Å². The van der Waals surface area contributed by atoms with Crippen LogP contribution in [0.1, 0.15) is 33.6 Å². The van der Waals surface area contributed by atoms with Gasteiger partial charge in [-0.15, -0.1) is 0 Å². The minimum Gasteiger partial charge on any atom is -0.485 e. The number of piperidine rings is 1. The second kappa shape index (κ2) is 11.5. The van der Waals surface area contributed by atoms with Gasteiger partial charge in [-0.1, -0.05) is 11.6 Å². The first-order chi connectivity index (χ1) is 14.2. The number of ether oxygens (including phenoxy) is 1. The molecule has 3 rings (SSSR count). The minimum absolute atomic E-state index is 0.205. The Kier molecular flexibility index (Phi) is 9.39. The third kappa shape index (κ3) is 8.90. The van der Waals surface area contributed by atoms with E-state index in [1.807, 2.05) is 20.8 Å². The summed E-state index contributed by atoms with van der Waals surface area (Å²) >= 11 is 7.24. The fraction of sp³-hybridized carbons (Fsp3) is 0.409. The molecule has 1 aliphatic heterocycles. The summed E-state index contributed by atoms with van der Waals surface area (Å²) in [5.74, 6) is -0.400. The molecule has 0 unspecified atom stereocenters. The molecular formula is C22H27ClF2N2O2S. The Balaban J connectivity index is 0.000000222. The topological polar surface area (TPSA) is 41.6 Å². The Labute approximate surface area is 186 Å². The Bertz CT molecular complexity index is 808. The lowest BCUT2D eigenvalue weighted by atomic mass is 10.1. The van der Waals surface area contributed by atoms with Crippen molar-refractivity contribution >= 4 is 30.0 Å². The van der Waals surface area contributed by atoms with Crippen LogP contribution in [-0.2, 0) is 4.79 Å². The molecule has 1 aliphatic rings. The molecule has 2 aromatic carbocycles. The summed E-state index contributed by atoms with van der Waals surface area (Å²) in [5.41, 5.74) is -0.394. The molecule has 30 heavy (non-hydrogen) atoms. The summed E-state index contributed by atoms with van der Waals surface area (Å²) in [6.07, 6.45) is 2.70. The highest BCUT2D eigenvalue weighted by molar-refractivity contribution is 7.97. The molecule has 1 amide bonds. The molecule has 1 N–H and O–H groups in total. The fourth-order valence-corrected chi connectivity index (χ4v) is 3.85. The molecule has 0 spiro atoms. The van der Waals surface area contributed by atoms with Crippen molar-refractivity contribution in [3.05, 3.63) is 59.1 Å². The molecule has 164 valence electrons. The Morgan fingerprint density at radius 3 is 2.30 bits per heavy atom. The van der Waals surface area contributed by atoms with Crippen molar-refractivity contribution in [3.63, 3.8) is 0 Å². The number of halogens is 3. The number of rotatable bonds is 5. The molecule has 2 aromatic rings. The monoisotopic (exact) mass is 456 g/mol. The Morgan fingerprint density at radius 2 is 1.77 bits per heavy atom. The predicted molar refractivity (Wildman–Crippen MR) is 118 cm³/mol. The molecular weight excluding hydrogens is 430 g/mol. The van der Waals surface area contributed by atoms with Gasteiger partial charge in [0, 0.05) is 29.0 Å². The third-order valence-electron chi connectivity index (χ3n) is 4.12. The third-order valence-corrected chi connectivity index (χ3v) is 5.46. The van der Waals surface area contributed by atoms with E-state index in [0.29, 0.717) is 11.1 Å². The molecule has 0 aromatic heterocycles. The van der Waals surface area contributed by atoms with Crippen LogP contribution in [0.3, 0.4) is 0 Å². The van der Waals surface area contributed by atoms with E-state index in [0.717, 1.165) is 37.2 Å². The van der Waals surface area contributed by atoms with Crippen LogP contribution in [0.2, 0.25) is 5.02 Å². The van der Waals surface area contributed by atoms with Crippen LogP contribution in [0.15, 0.2) is 47.4 Å². The molecule has 0 aliphatic carbocycles. The number of amides is 1. The molecule has 0 saturated carbocycles. The number of nitrogens with zero attached hydrogens (tertiary/aromatic N) is 1. The van der Waals surface area contributed by atoms with E-state index in [1.165, 1.54) is 24.3 Å². The van der Waals surface area contributed by atoms with Crippen molar-refractivity contribution in [2.24, 2.45) is 0 Å². The first-order valence-corrected chi connectivity index (χ1v) is 10.8. The molecule has 1 saturated heterocycles. The van der Waals surface area contributed by atoms with E-state index in [1.54, 1.807) is 30.1 Å². The van der Waals surface area contributed by atoms with E-state index >= 15 is 0 Å². The molecule has 1 heterocycles. The predicted octanol–water partition coefficient (Wildman–Crippen LogP) is 5.70. The van der Waals surface area contributed by atoms with Gasteiger partial charge in [-0.05, 0) is 88.0 Å². The van der Waals surface area contributed by atoms with E-state index in [2.05, 4.69) is 9.62 Å². The first-order valence-electron chi connectivity index (χ1n) is 9.68. The molecule has 0 atom stereocenters. The molecule has 8 heteroatoms. The summed E-state index contributed by atoms with van der Waals surface area (Å²) in [6, 6.07) is 11.2. The fourth-order valence-electron chi connectivity index (χ4n) is 2.74. The highest BCUT2D eigenvalue weighted by atomic mass is 35.5. The minimum atomic E-state index is -0.428. The van der Waals surface area contributed by atoms with E-state index in [9.17, 15) is 13.6 Å². The van der Waals surface area contributed by atoms with E-state index in [-0.39, 0.29) is 11.6 Å². The second-order valence-corrected chi connectivity index (χ2v) is 9.43. The van der Waals surface area contributed by atoms with Gasteiger partial charge in [0.15, 0.2) is 11.6 Å². The summed E-state index contributed by atoms with van der Waals surface area (Å²) in [7, 11) is 0. The van der Waals surface area contributed by atoms with Crippen LogP contribution < -0.4 is 10.1 Å². The summed E-state index contributed by atoms with van der Waals surface area (Å²) < 4.78 is 33.5. The number of carbonyl (C=O) groups excluding carboxylic acids is 1. The van der Waals surface area contributed by atoms with Crippen molar-refractivity contribution in [3.8, 4) is 5.75 Å². The highest BCUT2D eigenvalue weighted by Gasteiger charge is 2.19. The summed E-state index contributed by atoms with van der Waals surface area (Å²) in [4.78, 5) is 11.4. The maximum absolute atomic E-state index is 13.2. The Hall–Kier alpha value is -1.83. The van der Waals surface area contributed by atoms with Gasteiger partial charge < -0.3 is 10.1 Å². The molecule has 1 fully saturated rings. The van der Waals surface area contributed by atoms with Gasteiger partial charge >= 0.3 is 0 Å². The number of nitrogens with one attached hydrogen (secondary N) is 1. The Morgan fingerprint density at radius 1 is 1.13 bits per heavy atom. The van der Waals surface area contributed by atoms with Crippen LogP contribution in [0, 0.1) is 11.6 Å². The number of hydrogen-bond donors (Lipinski definition) is 1. The van der Waals surface area contributed by atoms with Gasteiger partial charge in [0.25, 0.3) is 0 Å². The summed E-state index contributed by atoms with van der Waals surface area (Å²) in [5, 5.41) is 3.18. The van der Waals surface area contributed by atoms with Crippen molar-refractivity contribution < 1.29 is 18.3 Å². The zero-order valence-electron chi connectivity index (χ0n) is 17.3. The van der Waals surface area contributed by atoms with Crippen molar-refractivity contribution in [2.45, 2.75) is 50.2 Å². The van der Waals surface area contributed by atoms with Gasteiger partial charge in [-0.2, -0.15) is 0 Å². The maximum atomic E-state index is 13.2. The standard InChI is InChI=1S/C12H15FN2OS.C10H12ClFO/c13-10-1-3-12(4-2-10)17-15-7-5-11(6-8-15)14-9-16;1-10(2,3)13-9-5-4-7(11)6-8(9)12/h1-4,9,11H,5-8H2,(H,14,16);4-6H,1-3H3. The molecule has 0 radical (unpaired) electrons. The van der Waals surface area contributed by atoms with Gasteiger partial charge in [-0.3, -0.25) is 4.79 Å². The SMILES string of the molecule is CC(C)(C)Oc1ccc(Cl)cc1F.O=CNC1CCN(Sc2ccc(F)cc2)CC1. The van der Waals surface area contributed by atoms with Crippen LogP contribution in [0.4, 0.5) is 8.78 Å². The second-order valence-electron chi connectivity index (χ2n) is 7.82. The van der Waals surface area contributed by atoms with Gasteiger partial charge in [0.1, 0.15) is 11.4 Å². The number of carbonyl (C=O) groups is 1. The summed E-state index contributed by atoms with van der Waals surface area (Å²) in [6.45, 7) is 7.46.